The van der Waals surface area contributed by atoms with Gasteiger partial charge >= 0.3 is 5.97 Å². The number of hydrogen-bond donors (Lipinski definition) is 0. The van der Waals surface area contributed by atoms with E-state index in [-0.39, 0.29) is 63.9 Å². The second-order valence-electron chi connectivity index (χ2n) is 11.8. The first kappa shape index (κ1) is 32.2. The van der Waals surface area contributed by atoms with Crippen molar-refractivity contribution in [2.45, 2.75) is 32.9 Å². The number of carbonyl (C=O) groups is 1. The fraction of sp³-hybridized carbons (Fsp3) is 0.235. The van der Waals surface area contributed by atoms with Gasteiger partial charge in [-0.25, -0.2) is 32.9 Å². The predicted octanol–water partition coefficient (Wildman–Crippen LogP) is 7.96. The van der Waals surface area contributed by atoms with Crippen LogP contribution in [0.3, 0.4) is 0 Å². The zero-order valence-corrected chi connectivity index (χ0v) is 26.6. The van der Waals surface area contributed by atoms with Crippen molar-refractivity contribution in [3.8, 4) is 23.2 Å². The van der Waals surface area contributed by atoms with Gasteiger partial charge in [0.05, 0.1) is 47.7 Å². The number of fused-ring (bicyclic) bond motifs is 1. The molecule has 47 heavy (non-hydrogen) atoms. The van der Waals surface area contributed by atoms with Crippen LogP contribution in [0.1, 0.15) is 52.8 Å². The van der Waals surface area contributed by atoms with Crippen molar-refractivity contribution in [2.24, 2.45) is 5.41 Å². The molecular weight excluding hydrogens is 684 g/mol. The number of imidazole rings is 1. The Balaban J connectivity index is 1.33. The fourth-order valence-electron chi connectivity index (χ4n) is 5.64. The number of benzene rings is 3. The number of hydrogen-bond acceptors (Lipinski definition) is 7. The molecule has 1 aliphatic heterocycles. The predicted molar refractivity (Wildman–Crippen MR) is 165 cm³/mol. The fourth-order valence-corrected chi connectivity index (χ4v) is 6.17. The summed E-state index contributed by atoms with van der Waals surface area (Å²) in [5.74, 6) is -2.81. The van der Waals surface area contributed by atoms with Crippen LogP contribution in [0.4, 0.5) is 17.7 Å². The molecule has 8 nitrogen and oxygen atoms in total. The molecule has 3 heterocycles. The standard InChI is InChI=1S/C34H25BrF4N4O4/c1-34(2)17-45-16-29(34)43-28-11-21(33(44)47-39)9-23(35)32(28)42-30(43)12-20-10-26(38)22(13-25(20)37)27-4-3-5-31(41-27)46-15-19-7-6-18(14-40)8-24(19)36/h3-11,13,29H,12,15-17H2,1-2H3. The summed E-state index contributed by atoms with van der Waals surface area (Å²) < 4.78 is 72.0. The Morgan fingerprint density at radius 2 is 1.85 bits per heavy atom. The lowest BCUT2D eigenvalue weighted by Gasteiger charge is -2.28. The maximum atomic E-state index is 15.7. The van der Waals surface area contributed by atoms with E-state index in [1.54, 1.807) is 6.07 Å². The van der Waals surface area contributed by atoms with Gasteiger partial charge in [-0.15, -0.1) is 0 Å². The van der Waals surface area contributed by atoms with Crippen LogP contribution in [0.25, 0.3) is 22.3 Å². The normalized spacial score (nSPS) is 15.5. The van der Waals surface area contributed by atoms with E-state index in [1.807, 2.05) is 24.5 Å². The Morgan fingerprint density at radius 3 is 2.55 bits per heavy atom. The van der Waals surface area contributed by atoms with Crippen LogP contribution < -0.4 is 4.74 Å². The lowest BCUT2D eigenvalue weighted by Crippen LogP contribution is -2.27. The molecule has 0 saturated carbocycles. The van der Waals surface area contributed by atoms with Crippen LogP contribution in [0.2, 0.25) is 0 Å². The zero-order chi connectivity index (χ0) is 33.5. The van der Waals surface area contributed by atoms with E-state index in [4.69, 9.17) is 19.7 Å². The van der Waals surface area contributed by atoms with Gasteiger partial charge in [0.1, 0.15) is 35.4 Å². The number of pyridine rings is 1. The highest BCUT2D eigenvalue weighted by Crippen LogP contribution is 2.42. The number of ether oxygens (including phenoxy) is 2. The zero-order valence-electron chi connectivity index (χ0n) is 25.0. The molecule has 0 radical (unpaired) electrons. The van der Waals surface area contributed by atoms with Gasteiger partial charge in [0.2, 0.25) is 5.88 Å². The monoisotopic (exact) mass is 708 g/mol. The molecular formula is C34H25BrF4N4O4. The topological polar surface area (TPSA) is 99.3 Å². The molecule has 1 aliphatic rings. The maximum Gasteiger partial charge on any atom is 0.379 e. The van der Waals surface area contributed by atoms with Gasteiger partial charge in [0.15, 0.2) is 0 Å². The van der Waals surface area contributed by atoms with Crippen molar-refractivity contribution < 1.29 is 36.9 Å². The molecule has 6 rings (SSSR count). The largest absolute Gasteiger partial charge is 0.473 e. The second kappa shape index (κ2) is 12.8. The second-order valence-corrected chi connectivity index (χ2v) is 12.6. The lowest BCUT2D eigenvalue weighted by molar-refractivity contribution is -0.0787. The third kappa shape index (κ3) is 6.31. The van der Waals surface area contributed by atoms with Crippen LogP contribution >= 0.6 is 15.9 Å². The Hall–Kier alpha value is -4.80. The van der Waals surface area contributed by atoms with E-state index in [2.05, 4.69) is 25.9 Å². The number of nitriles is 1. The highest BCUT2D eigenvalue weighted by atomic mass is 79.9. The first-order valence-electron chi connectivity index (χ1n) is 14.4. The van der Waals surface area contributed by atoms with E-state index < -0.39 is 23.4 Å². The number of aromatic nitrogens is 3. The molecule has 0 aliphatic carbocycles. The SMILES string of the molecule is CC1(C)COCC1n1c(Cc2cc(F)c(-c3cccc(OCc4ccc(C#N)cc4F)n3)cc2F)nc2c(Br)cc(C(=O)OF)cc21. The number of nitrogens with zero attached hydrogens (tertiary/aromatic N) is 4. The van der Waals surface area contributed by atoms with Gasteiger partial charge < -0.3 is 14.0 Å². The van der Waals surface area contributed by atoms with Crippen molar-refractivity contribution >= 4 is 32.9 Å². The Bertz CT molecular complexity index is 2080. The van der Waals surface area contributed by atoms with Gasteiger partial charge in [-0.3, -0.25) is 0 Å². The molecule has 1 saturated heterocycles. The number of carbonyl (C=O) groups excluding carboxylic acids is 1. The van der Waals surface area contributed by atoms with Crippen molar-refractivity contribution in [3.63, 3.8) is 0 Å². The third-order valence-electron chi connectivity index (χ3n) is 8.13. The van der Waals surface area contributed by atoms with Crippen molar-refractivity contribution in [1.29, 1.82) is 5.26 Å². The number of halogens is 5. The highest BCUT2D eigenvalue weighted by Gasteiger charge is 2.39. The highest BCUT2D eigenvalue weighted by molar-refractivity contribution is 9.10. The Labute approximate surface area is 274 Å². The summed E-state index contributed by atoms with van der Waals surface area (Å²) in [6.07, 6.45) is -0.119. The van der Waals surface area contributed by atoms with Crippen LogP contribution in [0.15, 0.2) is 65.1 Å². The van der Waals surface area contributed by atoms with Gasteiger partial charge in [0, 0.05) is 38.0 Å². The first-order chi connectivity index (χ1) is 22.5. The van der Waals surface area contributed by atoms with Gasteiger partial charge in [-0.2, -0.15) is 5.26 Å². The van der Waals surface area contributed by atoms with Crippen molar-refractivity contribution in [3.05, 3.63) is 111 Å². The minimum atomic E-state index is -1.18. The molecule has 3 aromatic carbocycles. The molecule has 1 fully saturated rings. The van der Waals surface area contributed by atoms with Gasteiger partial charge in [0.25, 0.3) is 0 Å². The van der Waals surface area contributed by atoms with Crippen LogP contribution in [0.5, 0.6) is 5.88 Å². The van der Waals surface area contributed by atoms with Gasteiger partial charge in [-0.05, 0) is 64.0 Å². The van der Waals surface area contributed by atoms with Crippen molar-refractivity contribution in [2.75, 3.05) is 13.2 Å². The molecule has 0 spiro atoms. The molecule has 0 bridgehead atoms. The minimum absolute atomic E-state index is 0.0164. The summed E-state index contributed by atoms with van der Waals surface area (Å²) in [5.41, 5.74) is 0.835. The summed E-state index contributed by atoms with van der Waals surface area (Å²) in [6, 6.07) is 15.0. The summed E-state index contributed by atoms with van der Waals surface area (Å²) >= 11 is 3.40. The molecule has 0 N–H and O–H groups in total. The summed E-state index contributed by atoms with van der Waals surface area (Å²) in [5, 5.41) is 8.93. The minimum Gasteiger partial charge on any atom is -0.473 e. The molecule has 1 atom stereocenters. The maximum absolute atomic E-state index is 15.7. The molecule has 0 amide bonds. The molecule has 5 aromatic rings. The van der Waals surface area contributed by atoms with Crippen LogP contribution in [0, 0.1) is 34.2 Å². The lowest BCUT2D eigenvalue weighted by atomic mass is 9.87. The first-order valence-corrected chi connectivity index (χ1v) is 15.2. The molecule has 2 aromatic heterocycles. The Kier molecular flexibility index (Phi) is 8.74. The average molecular weight is 709 g/mol. The van der Waals surface area contributed by atoms with Crippen LogP contribution in [-0.2, 0) is 22.7 Å². The van der Waals surface area contributed by atoms with Gasteiger partial charge in [-0.1, -0.05) is 26.0 Å². The molecule has 13 heteroatoms. The van der Waals surface area contributed by atoms with E-state index in [0.29, 0.717) is 34.5 Å². The number of rotatable bonds is 8. The van der Waals surface area contributed by atoms with Crippen molar-refractivity contribution in [1.82, 2.24) is 14.5 Å². The summed E-state index contributed by atoms with van der Waals surface area (Å²) in [4.78, 5) is 24.5. The average Bonchev–Trinajstić information content (AvgIpc) is 3.59. The smallest absolute Gasteiger partial charge is 0.379 e. The third-order valence-corrected chi connectivity index (χ3v) is 8.74. The Morgan fingerprint density at radius 1 is 1.06 bits per heavy atom. The molecule has 240 valence electrons. The molecule has 1 unspecified atom stereocenters. The van der Waals surface area contributed by atoms with E-state index in [1.165, 1.54) is 36.4 Å². The van der Waals surface area contributed by atoms with Crippen LogP contribution in [-0.4, -0.2) is 33.7 Å². The summed E-state index contributed by atoms with van der Waals surface area (Å²) in [7, 11) is 0. The van der Waals surface area contributed by atoms with E-state index in [0.717, 1.165) is 18.2 Å². The van der Waals surface area contributed by atoms with E-state index in [9.17, 15) is 13.7 Å². The van der Waals surface area contributed by atoms with E-state index >= 15 is 8.78 Å². The summed E-state index contributed by atoms with van der Waals surface area (Å²) in [6.45, 7) is 4.53. The quantitative estimate of drug-likeness (QED) is 0.151.